The second-order valence-electron chi connectivity index (χ2n) is 4.04. The molecule has 3 aromatic rings. The van der Waals surface area contributed by atoms with Crippen molar-refractivity contribution in [2.45, 2.75) is 0 Å². The van der Waals surface area contributed by atoms with Gasteiger partial charge in [0.1, 0.15) is 22.8 Å². The maximum absolute atomic E-state index is 12.8. The molecule has 0 radical (unpaired) electrons. The standard InChI is InChI=1S/C14H8ClFN2O2/c15-14-13-10(11(19)7-17-14)5-6-12(18-13)20-9-3-1-8(16)2-4-9/h1-7,19H. The number of benzene rings is 1. The highest BCUT2D eigenvalue weighted by atomic mass is 35.5. The first-order valence-electron chi connectivity index (χ1n) is 5.71. The van der Waals surface area contributed by atoms with Crippen LogP contribution in [0.2, 0.25) is 5.15 Å². The van der Waals surface area contributed by atoms with E-state index in [1.54, 1.807) is 12.1 Å². The van der Waals surface area contributed by atoms with Crippen LogP contribution < -0.4 is 4.74 Å². The Kier molecular flexibility index (Phi) is 3.12. The number of aromatic hydroxyl groups is 1. The summed E-state index contributed by atoms with van der Waals surface area (Å²) in [6, 6.07) is 8.77. The number of hydrogen-bond donors (Lipinski definition) is 1. The first-order chi connectivity index (χ1) is 9.63. The van der Waals surface area contributed by atoms with Gasteiger partial charge in [-0.2, -0.15) is 0 Å². The van der Waals surface area contributed by atoms with E-state index in [2.05, 4.69) is 9.97 Å². The van der Waals surface area contributed by atoms with Gasteiger partial charge < -0.3 is 9.84 Å². The Bertz CT molecular complexity index is 778. The van der Waals surface area contributed by atoms with E-state index < -0.39 is 0 Å². The summed E-state index contributed by atoms with van der Waals surface area (Å²) in [6.07, 6.45) is 1.26. The quantitative estimate of drug-likeness (QED) is 0.727. The van der Waals surface area contributed by atoms with Crippen molar-refractivity contribution >= 4 is 22.5 Å². The van der Waals surface area contributed by atoms with Gasteiger partial charge in [0.05, 0.1) is 6.20 Å². The zero-order valence-electron chi connectivity index (χ0n) is 10.0. The van der Waals surface area contributed by atoms with Crippen LogP contribution in [0.5, 0.6) is 17.4 Å². The van der Waals surface area contributed by atoms with Crippen molar-refractivity contribution in [2.24, 2.45) is 0 Å². The maximum Gasteiger partial charge on any atom is 0.219 e. The van der Waals surface area contributed by atoms with Crippen LogP contribution in [0, 0.1) is 5.82 Å². The van der Waals surface area contributed by atoms with Crippen molar-refractivity contribution in [1.29, 1.82) is 0 Å². The third kappa shape index (κ3) is 2.35. The predicted molar refractivity (Wildman–Crippen MR) is 72.7 cm³/mol. The number of nitrogens with zero attached hydrogens (tertiary/aromatic N) is 2. The second kappa shape index (κ2) is 4.94. The van der Waals surface area contributed by atoms with Gasteiger partial charge in [-0.15, -0.1) is 0 Å². The SMILES string of the molecule is Oc1cnc(Cl)c2nc(Oc3ccc(F)cc3)ccc12. The van der Waals surface area contributed by atoms with Crippen molar-refractivity contribution in [3.8, 4) is 17.4 Å². The van der Waals surface area contributed by atoms with Crippen LogP contribution in [-0.4, -0.2) is 15.1 Å². The lowest BCUT2D eigenvalue weighted by Crippen LogP contribution is -1.90. The Hall–Kier alpha value is -2.40. The van der Waals surface area contributed by atoms with Crippen LogP contribution in [0.15, 0.2) is 42.6 Å². The summed E-state index contributed by atoms with van der Waals surface area (Å²) in [5, 5.41) is 10.3. The van der Waals surface area contributed by atoms with Crippen LogP contribution in [0.1, 0.15) is 0 Å². The van der Waals surface area contributed by atoms with Crippen molar-refractivity contribution in [3.05, 3.63) is 53.6 Å². The molecule has 0 saturated carbocycles. The average molecular weight is 291 g/mol. The van der Waals surface area contributed by atoms with E-state index in [1.165, 1.54) is 30.5 Å². The van der Waals surface area contributed by atoms with Gasteiger partial charge in [-0.1, -0.05) is 11.6 Å². The highest BCUT2D eigenvalue weighted by molar-refractivity contribution is 6.33. The fraction of sp³-hybridized carbons (Fsp3) is 0. The molecule has 2 heterocycles. The van der Waals surface area contributed by atoms with E-state index in [1.807, 2.05) is 0 Å². The smallest absolute Gasteiger partial charge is 0.219 e. The van der Waals surface area contributed by atoms with E-state index in [0.29, 0.717) is 16.7 Å². The minimum absolute atomic E-state index is 0.00904. The van der Waals surface area contributed by atoms with E-state index in [9.17, 15) is 9.50 Å². The number of ether oxygens (including phenoxy) is 1. The molecule has 0 spiro atoms. The van der Waals surface area contributed by atoms with Crippen LogP contribution >= 0.6 is 11.6 Å². The molecule has 0 aliphatic rings. The first-order valence-corrected chi connectivity index (χ1v) is 6.09. The van der Waals surface area contributed by atoms with Crippen molar-refractivity contribution in [1.82, 2.24) is 9.97 Å². The molecule has 6 heteroatoms. The van der Waals surface area contributed by atoms with Gasteiger partial charge in [-0.05, 0) is 30.3 Å². The summed E-state index contributed by atoms with van der Waals surface area (Å²) in [4.78, 5) is 8.00. The number of halogens is 2. The largest absolute Gasteiger partial charge is 0.506 e. The monoisotopic (exact) mass is 290 g/mol. The molecule has 100 valence electrons. The molecule has 1 aromatic carbocycles. The van der Waals surface area contributed by atoms with Crippen LogP contribution in [0.25, 0.3) is 10.9 Å². The number of aromatic nitrogens is 2. The Balaban J connectivity index is 2.01. The molecule has 0 unspecified atom stereocenters. The van der Waals surface area contributed by atoms with Gasteiger partial charge in [0.25, 0.3) is 0 Å². The minimum atomic E-state index is -0.346. The highest BCUT2D eigenvalue weighted by Crippen LogP contribution is 2.30. The van der Waals surface area contributed by atoms with Gasteiger partial charge in [-0.3, -0.25) is 0 Å². The van der Waals surface area contributed by atoms with E-state index in [-0.39, 0.29) is 22.6 Å². The van der Waals surface area contributed by atoms with Crippen LogP contribution in [-0.2, 0) is 0 Å². The summed E-state index contributed by atoms with van der Waals surface area (Å²) in [7, 11) is 0. The van der Waals surface area contributed by atoms with Crippen molar-refractivity contribution < 1.29 is 14.2 Å². The average Bonchev–Trinajstić information content (AvgIpc) is 2.46. The Morgan fingerprint density at radius 2 is 1.85 bits per heavy atom. The summed E-state index contributed by atoms with van der Waals surface area (Å²) in [5.41, 5.74) is 0.339. The minimum Gasteiger partial charge on any atom is -0.506 e. The molecule has 0 aliphatic carbocycles. The Labute approximate surface area is 118 Å². The third-order valence-electron chi connectivity index (χ3n) is 2.68. The molecule has 0 saturated heterocycles. The fourth-order valence-corrected chi connectivity index (χ4v) is 1.93. The topological polar surface area (TPSA) is 55.2 Å². The van der Waals surface area contributed by atoms with Gasteiger partial charge in [0, 0.05) is 11.5 Å². The molecular weight excluding hydrogens is 283 g/mol. The normalized spacial score (nSPS) is 10.7. The van der Waals surface area contributed by atoms with E-state index in [0.717, 1.165) is 0 Å². The lowest BCUT2D eigenvalue weighted by Gasteiger charge is -2.07. The van der Waals surface area contributed by atoms with Gasteiger partial charge in [0.15, 0.2) is 5.15 Å². The first kappa shape index (κ1) is 12.6. The fourth-order valence-electron chi connectivity index (χ4n) is 1.73. The van der Waals surface area contributed by atoms with Crippen molar-refractivity contribution in [3.63, 3.8) is 0 Å². The number of fused-ring (bicyclic) bond motifs is 1. The molecule has 2 aromatic heterocycles. The van der Waals surface area contributed by atoms with E-state index >= 15 is 0 Å². The van der Waals surface area contributed by atoms with Gasteiger partial charge in [-0.25, -0.2) is 14.4 Å². The van der Waals surface area contributed by atoms with Gasteiger partial charge in [0.2, 0.25) is 5.88 Å². The second-order valence-corrected chi connectivity index (χ2v) is 4.39. The molecular formula is C14H8ClFN2O2. The summed E-state index contributed by atoms with van der Waals surface area (Å²) in [6.45, 7) is 0. The molecule has 0 fully saturated rings. The summed E-state index contributed by atoms with van der Waals surface area (Å²) >= 11 is 5.93. The predicted octanol–water partition coefficient (Wildman–Crippen LogP) is 3.92. The van der Waals surface area contributed by atoms with Crippen LogP contribution in [0.4, 0.5) is 4.39 Å². The van der Waals surface area contributed by atoms with Gasteiger partial charge >= 0.3 is 0 Å². The molecule has 0 aliphatic heterocycles. The van der Waals surface area contributed by atoms with E-state index in [4.69, 9.17) is 16.3 Å². The van der Waals surface area contributed by atoms with Crippen LogP contribution in [0.3, 0.4) is 0 Å². The summed E-state index contributed by atoms with van der Waals surface area (Å²) < 4.78 is 18.3. The zero-order valence-corrected chi connectivity index (χ0v) is 10.8. The molecule has 0 amide bonds. The molecule has 1 N–H and O–H groups in total. The number of hydrogen-bond acceptors (Lipinski definition) is 4. The van der Waals surface area contributed by atoms with Crippen molar-refractivity contribution in [2.75, 3.05) is 0 Å². The lowest BCUT2D eigenvalue weighted by molar-refractivity contribution is 0.462. The third-order valence-corrected chi connectivity index (χ3v) is 2.95. The number of rotatable bonds is 2. The highest BCUT2D eigenvalue weighted by Gasteiger charge is 2.09. The molecule has 4 nitrogen and oxygen atoms in total. The molecule has 0 atom stereocenters. The zero-order chi connectivity index (χ0) is 14.1. The Morgan fingerprint density at radius 3 is 2.60 bits per heavy atom. The molecule has 3 rings (SSSR count). The molecule has 0 bridgehead atoms. The summed E-state index contributed by atoms with van der Waals surface area (Å²) in [5.74, 6) is 0.368. The maximum atomic E-state index is 12.8. The number of pyridine rings is 2. The Morgan fingerprint density at radius 1 is 1.10 bits per heavy atom. The lowest BCUT2D eigenvalue weighted by atomic mass is 10.2. The molecule has 20 heavy (non-hydrogen) atoms.